The number of carbonyl (C=O) groups is 2. The highest BCUT2D eigenvalue weighted by atomic mass is 16.2. The highest BCUT2D eigenvalue weighted by molar-refractivity contribution is 6.06. The van der Waals surface area contributed by atoms with Gasteiger partial charge in [0, 0.05) is 38.4 Å². The molecule has 0 aliphatic carbocycles. The van der Waals surface area contributed by atoms with Gasteiger partial charge in [-0.3, -0.25) is 9.69 Å². The first-order chi connectivity index (χ1) is 14.5. The topological polar surface area (TPSA) is 69.6 Å². The summed E-state index contributed by atoms with van der Waals surface area (Å²) in [5.41, 5.74) is 1.41. The van der Waals surface area contributed by atoms with E-state index >= 15 is 0 Å². The lowest BCUT2D eigenvalue weighted by molar-refractivity contribution is -0.133. The Hall–Kier alpha value is -2.96. The molecule has 7 heteroatoms. The molecule has 0 saturated carbocycles. The van der Waals surface area contributed by atoms with Crippen molar-refractivity contribution >= 4 is 17.8 Å². The minimum absolute atomic E-state index is 0.0873. The van der Waals surface area contributed by atoms with E-state index < -0.39 is 5.54 Å². The average molecular weight is 408 g/mol. The Kier molecular flexibility index (Phi) is 5.45. The van der Waals surface area contributed by atoms with Crippen molar-refractivity contribution in [3.8, 4) is 0 Å². The maximum absolute atomic E-state index is 13.2. The van der Waals surface area contributed by atoms with E-state index in [1.807, 2.05) is 43.5 Å². The van der Waals surface area contributed by atoms with Crippen molar-refractivity contribution in [3.63, 3.8) is 0 Å². The number of likely N-dealkylation sites (N-methyl/N-ethyl adjacent to an activating group) is 1. The molecule has 7 nitrogen and oxygen atoms in total. The molecule has 4 rings (SSSR count). The molecule has 158 valence electrons. The second kappa shape index (κ2) is 8.05. The summed E-state index contributed by atoms with van der Waals surface area (Å²) in [5.74, 6) is 1.64. The Morgan fingerprint density at radius 2 is 1.80 bits per heavy atom. The van der Waals surface area contributed by atoms with Gasteiger partial charge < -0.3 is 9.80 Å². The van der Waals surface area contributed by atoms with E-state index in [1.165, 1.54) is 4.90 Å². The first-order valence-corrected chi connectivity index (χ1v) is 10.7. The molecular formula is C23H29N5O2. The Morgan fingerprint density at radius 3 is 2.47 bits per heavy atom. The Labute approximate surface area is 177 Å². The van der Waals surface area contributed by atoms with E-state index in [9.17, 15) is 9.59 Å². The van der Waals surface area contributed by atoms with Gasteiger partial charge in [0.25, 0.3) is 5.91 Å². The number of anilines is 1. The molecule has 0 radical (unpaired) electrons. The van der Waals surface area contributed by atoms with E-state index in [0.29, 0.717) is 32.5 Å². The van der Waals surface area contributed by atoms with Gasteiger partial charge in [-0.05, 0) is 31.7 Å². The Bertz CT molecular complexity index is 938. The van der Waals surface area contributed by atoms with Crippen molar-refractivity contribution in [2.45, 2.75) is 51.6 Å². The molecule has 0 N–H and O–H groups in total. The number of aryl methyl sites for hydroxylation is 2. The fraction of sp³-hybridized carbons (Fsp3) is 0.478. The maximum Gasteiger partial charge on any atom is 0.327 e. The number of benzene rings is 1. The molecule has 2 aliphatic rings. The number of rotatable bonds is 5. The minimum atomic E-state index is -0.773. The molecule has 2 saturated heterocycles. The van der Waals surface area contributed by atoms with Crippen LogP contribution in [0.1, 0.15) is 43.1 Å². The lowest BCUT2D eigenvalue weighted by Crippen LogP contribution is -2.56. The van der Waals surface area contributed by atoms with Crippen molar-refractivity contribution in [3.05, 3.63) is 53.5 Å². The van der Waals surface area contributed by atoms with Gasteiger partial charge in [-0.25, -0.2) is 14.8 Å². The smallest absolute Gasteiger partial charge is 0.327 e. The van der Waals surface area contributed by atoms with Gasteiger partial charge in [0.05, 0.1) is 0 Å². The Morgan fingerprint density at radius 1 is 1.10 bits per heavy atom. The van der Waals surface area contributed by atoms with Crippen LogP contribution in [-0.2, 0) is 17.8 Å². The zero-order valence-corrected chi connectivity index (χ0v) is 18.0. The molecular weight excluding hydrogens is 378 g/mol. The van der Waals surface area contributed by atoms with E-state index in [0.717, 1.165) is 35.6 Å². The van der Waals surface area contributed by atoms with Crippen LogP contribution in [0.3, 0.4) is 0 Å². The third-order valence-electron chi connectivity index (χ3n) is 6.29. The highest BCUT2D eigenvalue weighted by Gasteiger charge is 2.56. The maximum atomic E-state index is 13.2. The summed E-state index contributed by atoms with van der Waals surface area (Å²) in [4.78, 5) is 40.5. The largest absolute Gasteiger partial charge is 0.356 e. The first-order valence-electron chi connectivity index (χ1n) is 10.7. The molecule has 2 aliphatic heterocycles. The first kappa shape index (κ1) is 20.3. The fourth-order valence-electron chi connectivity index (χ4n) is 4.64. The van der Waals surface area contributed by atoms with Crippen LogP contribution < -0.4 is 4.90 Å². The second-order valence-corrected chi connectivity index (χ2v) is 8.25. The average Bonchev–Trinajstić information content (AvgIpc) is 2.93. The number of piperidine rings is 1. The number of carbonyl (C=O) groups excluding carboxylic acids is 2. The molecule has 0 unspecified atom stereocenters. The number of urea groups is 1. The SMILES string of the molecule is CCCc1cnc(C)nc1N1CCC2(CC1)C(=O)N(C)C(=O)N2Cc1ccccc1. The van der Waals surface area contributed by atoms with Gasteiger partial charge >= 0.3 is 6.03 Å². The van der Waals surface area contributed by atoms with Crippen LogP contribution in [0.15, 0.2) is 36.5 Å². The molecule has 1 aromatic carbocycles. The minimum Gasteiger partial charge on any atom is -0.356 e. The van der Waals surface area contributed by atoms with Crippen molar-refractivity contribution in [1.29, 1.82) is 0 Å². The monoisotopic (exact) mass is 407 g/mol. The number of hydrogen-bond donors (Lipinski definition) is 0. The third-order valence-corrected chi connectivity index (χ3v) is 6.29. The molecule has 3 heterocycles. The normalized spacial score (nSPS) is 18.6. The molecule has 1 spiro atoms. The van der Waals surface area contributed by atoms with Crippen LogP contribution in [0.4, 0.5) is 10.6 Å². The second-order valence-electron chi connectivity index (χ2n) is 8.25. The molecule has 1 aromatic heterocycles. The van der Waals surface area contributed by atoms with Crippen molar-refractivity contribution in [2.75, 3.05) is 25.0 Å². The lowest BCUT2D eigenvalue weighted by atomic mass is 9.85. The summed E-state index contributed by atoms with van der Waals surface area (Å²) < 4.78 is 0. The van der Waals surface area contributed by atoms with E-state index in [4.69, 9.17) is 4.98 Å². The summed E-state index contributed by atoms with van der Waals surface area (Å²) in [7, 11) is 1.59. The predicted octanol–water partition coefficient (Wildman–Crippen LogP) is 3.17. The van der Waals surface area contributed by atoms with E-state index in [-0.39, 0.29) is 11.9 Å². The van der Waals surface area contributed by atoms with Gasteiger partial charge in [0.1, 0.15) is 17.2 Å². The zero-order chi connectivity index (χ0) is 21.3. The summed E-state index contributed by atoms with van der Waals surface area (Å²) in [5, 5.41) is 0. The standard InChI is InChI=1S/C23H29N5O2/c1-4-8-19-15-24-17(2)25-20(19)27-13-11-23(12-14-27)21(29)26(3)22(30)28(23)16-18-9-6-5-7-10-18/h5-7,9-10,15H,4,8,11-14,16H2,1-3H3. The summed E-state index contributed by atoms with van der Waals surface area (Å²) in [6, 6.07) is 9.67. The highest BCUT2D eigenvalue weighted by Crippen LogP contribution is 2.39. The van der Waals surface area contributed by atoms with Gasteiger partial charge in [-0.15, -0.1) is 0 Å². The van der Waals surface area contributed by atoms with Crippen LogP contribution in [0, 0.1) is 6.92 Å². The van der Waals surface area contributed by atoms with Gasteiger partial charge in [-0.2, -0.15) is 0 Å². The van der Waals surface area contributed by atoms with Crippen molar-refractivity contribution in [2.24, 2.45) is 0 Å². The number of aromatic nitrogens is 2. The summed E-state index contributed by atoms with van der Waals surface area (Å²) in [6.45, 7) is 5.87. The van der Waals surface area contributed by atoms with Crippen molar-refractivity contribution < 1.29 is 9.59 Å². The van der Waals surface area contributed by atoms with E-state index in [1.54, 1.807) is 11.9 Å². The number of imide groups is 1. The molecule has 0 atom stereocenters. The lowest BCUT2D eigenvalue weighted by Gasteiger charge is -2.43. The van der Waals surface area contributed by atoms with Gasteiger partial charge in [0.15, 0.2) is 0 Å². The van der Waals surface area contributed by atoms with Crippen LogP contribution in [-0.4, -0.2) is 57.4 Å². The molecule has 0 bridgehead atoms. The fourth-order valence-corrected chi connectivity index (χ4v) is 4.64. The molecule has 2 fully saturated rings. The molecule has 3 amide bonds. The van der Waals surface area contributed by atoms with Crippen molar-refractivity contribution in [1.82, 2.24) is 19.8 Å². The number of nitrogens with zero attached hydrogens (tertiary/aromatic N) is 5. The molecule has 30 heavy (non-hydrogen) atoms. The van der Waals surface area contributed by atoms with Crippen LogP contribution in [0.2, 0.25) is 0 Å². The summed E-state index contributed by atoms with van der Waals surface area (Å²) in [6.07, 6.45) is 5.08. The van der Waals surface area contributed by atoms with Crippen LogP contribution in [0.5, 0.6) is 0 Å². The Balaban J connectivity index is 1.59. The quantitative estimate of drug-likeness (QED) is 0.712. The number of hydrogen-bond acceptors (Lipinski definition) is 5. The van der Waals surface area contributed by atoms with Crippen LogP contribution >= 0.6 is 0 Å². The van der Waals surface area contributed by atoms with Crippen LogP contribution in [0.25, 0.3) is 0 Å². The number of amides is 3. The molecule has 2 aromatic rings. The van der Waals surface area contributed by atoms with Gasteiger partial charge in [0.2, 0.25) is 0 Å². The van der Waals surface area contributed by atoms with Gasteiger partial charge in [-0.1, -0.05) is 43.7 Å². The zero-order valence-electron chi connectivity index (χ0n) is 18.0. The third kappa shape index (κ3) is 3.42. The van der Waals surface area contributed by atoms with E-state index in [2.05, 4.69) is 16.8 Å². The predicted molar refractivity (Wildman–Crippen MR) is 115 cm³/mol. The summed E-state index contributed by atoms with van der Waals surface area (Å²) >= 11 is 0.